The molecule has 2 heterocycles. The zero-order valence-electron chi connectivity index (χ0n) is 8.68. The summed E-state index contributed by atoms with van der Waals surface area (Å²) in [6.07, 6.45) is 3.61. The maximum Gasteiger partial charge on any atom is 0.117 e. The zero-order chi connectivity index (χ0) is 10.5. The maximum atomic E-state index is 5.19. The van der Waals surface area contributed by atoms with E-state index in [2.05, 4.69) is 15.6 Å². The lowest BCUT2D eigenvalue weighted by Gasteiger charge is -1.98. The standard InChI is InChI=1S/C10H14N4O/c1-2-14-8-9(12-13-14)6-11-7-10-4-3-5-15-10/h3-5,8,11H,2,6-7H2,1H3. The number of rotatable bonds is 5. The molecule has 0 aliphatic heterocycles. The largest absolute Gasteiger partial charge is 0.468 e. The van der Waals surface area contributed by atoms with Gasteiger partial charge in [-0.05, 0) is 19.1 Å². The van der Waals surface area contributed by atoms with Gasteiger partial charge in [-0.3, -0.25) is 4.68 Å². The molecule has 0 saturated carbocycles. The maximum absolute atomic E-state index is 5.19. The highest BCUT2D eigenvalue weighted by Gasteiger charge is 1.99. The predicted molar refractivity (Wildman–Crippen MR) is 54.9 cm³/mol. The number of hydrogen-bond acceptors (Lipinski definition) is 4. The van der Waals surface area contributed by atoms with E-state index in [0.717, 1.165) is 18.0 Å². The lowest BCUT2D eigenvalue weighted by atomic mass is 10.4. The first-order valence-corrected chi connectivity index (χ1v) is 5.00. The second kappa shape index (κ2) is 4.75. The van der Waals surface area contributed by atoms with Gasteiger partial charge in [0.1, 0.15) is 5.76 Å². The summed E-state index contributed by atoms with van der Waals surface area (Å²) < 4.78 is 7.00. The lowest BCUT2D eigenvalue weighted by molar-refractivity contribution is 0.481. The third-order valence-corrected chi connectivity index (χ3v) is 2.10. The van der Waals surface area contributed by atoms with E-state index in [0.29, 0.717) is 13.1 Å². The minimum Gasteiger partial charge on any atom is -0.468 e. The Morgan fingerprint density at radius 1 is 1.47 bits per heavy atom. The minimum atomic E-state index is 0.709. The fourth-order valence-electron chi connectivity index (χ4n) is 1.30. The molecule has 0 unspecified atom stereocenters. The van der Waals surface area contributed by atoms with Gasteiger partial charge in [0.25, 0.3) is 0 Å². The van der Waals surface area contributed by atoms with Gasteiger partial charge in [-0.15, -0.1) is 5.10 Å². The van der Waals surface area contributed by atoms with Crippen LogP contribution in [-0.2, 0) is 19.6 Å². The van der Waals surface area contributed by atoms with Crippen LogP contribution in [0.25, 0.3) is 0 Å². The van der Waals surface area contributed by atoms with Crippen molar-refractivity contribution in [2.75, 3.05) is 0 Å². The van der Waals surface area contributed by atoms with E-state index in [1.807, 2.05) is 29.9 Å². The highest BCUT2D eigenvalue weighted by atomic mass is 16.3. The number of furan rings is 1. The van der Waals surface area contributed by atoms with Gasteiger partial charge in [-0.2, -0.15) is 0 Å². The van der Waals surface area contributed by atoms with E-state index in [9.17, 15) is 0 Å². The molecule has 0 saturated heterocycles. The fourth-order valence-corrected chi connectivity index (χ4v) is 1.30. The molecule has 2 aromatic heterocycles. The molecule has 15 heavy (non-hydrogen) atoms. The van der Waals surface area contributed by atoms with Crippen molar-refractivity contribution in [3.05, 3.63) is 36.0 Å². The summed E-state index contributed by atoms with van der Waals surface area (Å²) >= 11 is 0. The summed E-state index contributed by atoms with van der Waals surface area (Å²) in [7, 11) is 0. The van der Waals surface area contributed by atoms with Crippen molar-refractivity contribution in [3.63, 3.8) is 0 Å². The summed E-state index contributed by atoms with van der Waals surface area (Å²) in [6.45, 7) is 4.31. The number of aryl methyl sites for hydroxylation is 1. The van der Waals surface area contributed by atoms with E-state index < -0.39 is 0 Å². The van der Waals surface area contributed by atoms with Crippen molar-refractivity contribution in [1.29, 1.82) is 0 Å². The van der Waals surface area contributed by atoms with Crippen molar-refractivity contribution in [3.8, 4) is 0 Å². The van der Waals surface area contributed by atoms with Gasteiger partial charge in [0, 0.05) is 19.3 Å². The highest BCUT2D eigenvalue weighted by Crippen LogP contribution is 1.99. The fraction of sp³-hybridized carbons (Fsp3) is 0.400. The summed E-state index contributed by atoms with van der Waals surface area (Å²) in [4.78, 5) is 0. The van der Waals surface area contributed by atoms with Gasteiger partial charge < -0.3 is 9.73 Å². The van der Waals surface area contributed by atoms with Crippen LogP contribution in [0.1, 0.15) is 18.4 Å². The Morgan fingerprint density at radius 2 is 2.40 bits per heavy atom. The second-order valence-electron chi connectivity index (χ2n) is 3.25. The molecule has 0 radical (unpaired) electrons. The molecule has 0 aliphatic carbocycles. The van der Waals surface area contributed by atoms with E-state index in [1.54, 1.807) is 6.26 Å². The predicted octanol–water partition coefficient (Wildman–Crippen LogP) is 1.18. The molecule has 0 bridgehead atoms. The van der Waals surface area contributed by atoms with Gasteiger partial charge in [-0.25, -0.2) is 0 Å². The summed E-state index contributed by atoms with van der Waals surface area (Å²) in [5.74, 6) is 0.929. The van der Waals surface area contributed by atoms with Gasteiger partial charge in [-0.1, -0.05) is 5.21 Å². The van der Waals surface area contributed by atoms with Crippen LogP contribution in [0.5, 0.6) is 0 Å². The third kappa shape index (κ3) is 2.66. The summed E-state index contributed by atoms with van der Waals surface area (Å²) in [5.41, 5.74) is 0.948. The first-order chi connectivity index (χ1) is 7.38. The topological polar surface area (TPSA) is 55.9 Å². The first-order valence-electron chi connectivity index (χ1n) is 5.00. The Balaban J connectivity index is 1.78. The van der Waals surface area contributed by atoms with Crippen LogP contribution in [0.4, 0.5) is 0 Å². The summed E-state index contributed by atoms with van der Waals surface area (Å²) in [6, 6.07) is 3.82. The Bertz CT molecular complexity index is 393. The van der Waals surface area contributed by atoms with Crippen LogP contribution in [-0.4, -0.2) is 15.0 Å². The molecule has 0 atom stereocenters. The molecule has 0 amide bonds. The molecule has 0 aromatic carbocycles. The van der Waals surface area contributed by atoms with Crippen molar-refractivity contribution >= 4 is 0 Å². The van der Waals surface area contributed by atoms with Crippen LogP contribution in [0, 0.1) is 0 Å². The van der Waals surface area contributed by atoms with Crippen LogP contribution in [0.3, 0.4) is 0 Å². The Morgan fingerprint density at radius 3 is 3.07 bits per heavy atom. The van der Waals surface area contributed by atoms with E-state index in [1.165, 1.54) is 0 Å². The first kappa shape index (κ1) is 9.92. The molecule has 80 valence electrons. The van der Waals surface area contributed by atoms with Crippen LogP contribution in [0.15, 0.2) is 29.0 Å². The molecule has 1 N–H and O–H groups in total. The average molecular weight is 206 g/mol. The monoisotopic (exact) mass is 206 g/mol. The molecule has 5 heteroatoms. The quantitative estimate of drug-likeness (QED) is 0.798. The van der Waals surface area contributed by atoms with E-state index in [4.69, 9.17) is 4.42 Å². The van der Waals surface area contributed by atoms with E-state index >= 15 is 0 Å². The Labute approximate surface area is 88.1 Å². The van der Waals surface area contributed by atoms with Gasteiger partial charge in [0.15, 0.2) is 0 Å². The number of aromatic nitrogens is 3. The van der Waals surface area contributed by atoms with E-state index in [-0.39, 0.29) is 0 Å². The summed E-state index contributed by atoms with van der Waals surface area (Å²) in [5, 5.41) is 11.2. The average Bonchev–Trinajstić information content (AvgIpc) is 2.88. The van der Waals surface area contributed by atoms with Crippen molar-refractivity contribution in [2.24, 2.45) is 0 Å². The Hall–Kier alpha value is -1.62. The van der Waals surface area contributed by atoms with Crippen molar-refractivity contribution in [2.45, 2.75) is 26.6 Å². The van der Waals surface area contributed by atoms with Crippen LogP contribution in [0.2, 0.25) is 0 Å². The number of nitrogens with one attached hydrogen (secondary N) is 1. The molecular formula is C10H14N4O. The van der Waals surface area contributed by atoms with Gasteiger partial charge >= 0.3 is 0 Å². The molecule has 2 rings (SSSR count). The second-order valence-corrected chi connectivity index (χ2v) is 3.25. The number of hydrogen-bond donors (Lipinski definition) is 1. The van der Waals surface area contributed by atoms with Crippen LogP contribution >= 0.6 is 0 Å². The minimum absolute atomic E-state index is 0.709. The van der Waals surface area contributed by atoms with Gasteiger partial charge in [0.2, 0.25) is 0 Å². The molecular weight excluding hydrogens is 192 g/mol. The Kier molecular flexibility index (Phi) is 3.14. The molecule has 0 fully saturated rings. The lowest BCUT2D eigenvalue weighted by Crippen LogP contribution is -2.12. The third-order valence-electron chi connectivity index (χ3n) is 2.10. The zero-order valence-corrected chi connectivity index (χ0v) is 8.68. The molecule has 0 spiro atoms. The van der Waals surface area contributed by atoms with Crippen molar-refractivity contribution < 1.29 is 4.42 Å². The highest BCUT2D eigenvalue weighted by molar-refractivity contribution is 4.98. The van der Waals surface area contributed by atoms with Crippen LogP contribution < -0.4 is 5.32 Å². The normalized spacial score (nSPS) is 10.7. The molecule has 0 aliphatic rings. The molecule has 5 nitrogen and oxygen atoms in total. The SMILES string of the molecule is CCn1cc(CNCc2ccco2)nn1. The van der Waals surface area contributed by atoms with Gasteiger partial charge in [0.05, 0.1) is 18.5 Å². The molecule has 2 aromatic rings. The smallest absolute Gasteiger partial charge is 0.117 e. The number of nitrogens with zero attached hydrogens (tertiary/aromatic N) is 3. The van der Waals surface area contributed by atoms with Crippen molar-refractivity contribution in [1.82, 2.24) is 20.3 Å².